The Morgan fingerprint density at radius 2 is 2.16 bits per heavy atom. The van der Waals surface area contributed by atoms with E-state index in [1.807, 2.05) is 18.2 Å². The third-order valence-corrected chi connectivity index (χ3v) is 4.35. The van der Waals surface area contributed by atoms with Crippen molar-refractivity contribution in [3.05, 3.63) is 33.8 Å². The highest BCUT2D eigenvalue weighted by molar-refractivity contribution is 6.42. The van der Waals surface area contributed by atoms with Gasteiger partial charge in [0.05, 0.1) is 16.1 Å². The average Bonchev–Trinajstić information content (AvgIpc) is 2.87. The number of halogens is 2. The molecule has 1 aliphatic heterocycles. The molecule has 0 amide bonds. The molecule has 0 aromatic heterocycles. The quantitative estimate of drug-likeness (QED) is 0.854. The number of hydrogen-bond acceptors (Lipinski definition) is 2. The van der Waals surface area contributed by atoms with E-state index in [1.165, 1.54) is 12.8 Å². The second kappa shape index (κ2) is 7.49. The van der Waals surface area contributed by atoms with Crippen molar-refractivity contribution in [2.75, 3.05) is 6.61 Å². The van der Waals surface area contributed by atoms with Gasteiger partial charge in [-0.3, -0.25) is 0 Å². The summed E-state index contributed by atoms with van der Waals surface area (Å²) < 4.78 is 5.61. The van der Waals surface area contributed by atoms with Crippen molar-refractivity contribution in [1.82, 2.24) is 0 Å². The van der Waals surface area contributed by atoms with Gasteiger partial charge in [0.1, 0.15) is 0 Å². The van der Waals surface area contributed by atoms with Gasteiger partial charge < -0.3 is 10.5 Å². The Balaban J connectivity index is 1.70. The van der Waals surface area contributed by atoms with E-state index >= 15 is 0 Å². The highest BCUT2D eigenvalue weighted by atomic mass is 35.5. The fraction of sp³-hybridized carbons (Fsp3) is 0.600. The first-order chi connectivity index (χ1) is 9.15. The van der Waals surface area contributed by atoms with Gasteiger partial charge in [-0.1, -0.05) is 29.3 Å². The summed E-state index contributed by atoms with van der Waals surface area (Å²) in [6.07, 6.45) is 7.03. The highest BCUT2D eigenvalue weighted by Crippen LogP contribution is 2.24. The Morgan fingerprint density at radius 3 is 2.84 bits per heavy atom. The van der Waals surface area contributed by atoms with E-state index in [0.29, 0.717) is 16.1 Å². The minimum atomic E-state index is 0.179. The predicted molar refractivity (Wildman–Crippen MR) is 81.0 cm³/mol. The molecule has 2 unspecified atom stereocenters. The molecule has 2 rings (SSSR count). The maximum atomic E-state index is 6.16. The van der Waals surface area contributed by atoms with Gasteiger partial charge in [-0.25, -0.2) is 0 Å². The van der Waals surface area contributed by atoms with Gasteiger partial charge in [0.25, 0.3) is 0 Å². The third kappa shape index (κ3) is 4.96. The van der Waals surface area contributed by atoms with Gasteiger partial charge in [0.2, 0.25) is 0 Å². The summed E-state index contributed by atoms with van der Waals surface area (Å²) >= 11 is 11.9. The normalized spacial score (nSPS) is 20.7. The first-order valence-electron chi connectivity index (χ1n) is 6.96. The van der Waals surface area contributed by atoms with E-state index in [0.717, 1.165) is 37.9 Å². The molecule has 1 heterocycles. The van der Waals surface area contributed by atoms with Gasteiger partial charge in [-0.2, -0.15) is 0 Å². The Labute approximate surface area is 125 Å². The van der Waals surface area contributed by atoms with Crippen LogP contribution in [0.4, 0.5) is 0 Å². The molecule has 1 aromatic carbocycles. The standard InChI is InChI=1S/C15H21Cl2NO/c16-14-7-6-11(10-15(14)17)9-12(18)3-1-4-13-5-2-8-19-13/h6-7,10,12-13H,1-5,8-9,18H2. The smallest absolute Gasteiger partial charge is 0.0595 e. The van der Waals surface area contributed by atoms with Gasteiger partial charge in [-0.05, 0) is 56.2 Å². The molecule has 0 radical (unpaired) electrons. The van der Waals surface area contributed by atoms with Crippen molar-refractivity contribution >= 4 is 23.2 Å². The third-order valence-electron chi connectivity index (χ3n) is 3.61. The van der Waals surface area contributed by atoms with Gasteiger partial charge >= 0.3 is 0 Å². The molecule has 0 bridgehead atoms. The van der Waals surface area contributed by atoms with Crippen LogP contribution in [0.25, 0.3) is 0 Å². The molecule has 0 aliphatic carbocycles. The topological polar surface area (TPSA) is 35.2 Å². The van der Waals surface area contributed by atoms with Crippen LogP contribution in [0.5, 0.6) is 0 Å². The van der Waals surface area contributed by atoms with Crippen LogP contribution in [-0.2, 0) is 11.2 Å². The second-order valence-corrected chi connectivity index (χ2v) is 6.09. The zero-order valence-electron chi connectivity index (χ0n) is 11.1. The fourth-order valence-corrected chi connectivity index (χ4v) is 2.87. The summed E-state index contributed by atoms with van der Waals surface area (Å²) in [5.74, 6) is 0. The summed E-state index contributed by atoms with van der Waals surface area (Å²) in [6, 6.07) is 5.91. The molecular weight excluding hydrogens is 281 g/mol. The van der Waals surface area contributed by atoms with Crippen LogP contribution in [0.1, 0.15) is 37.7 Å². The van der Waals surface area contributed by atoms with Crippen molar-refractivity contribution in [3.8, 4) is 0 Å². The van der Waals surface area contributed by atoms with Crippen LogP contribution < -0.4 is 5.73 Å². The molecule has 2 nitrogen and oxygen atoms in total. The van der Waals surface area contributed by atoms with Crippen molar-refractivity contribution in [2.24, 2.45) is 5.73 Å². The highest BCUT2D eigenvalue weighted by Gasteiger charge is 2.15. The van der Waals surface area contributed by atoms with E-state index in [2.05, 4.69) is 0 Å². The van der Waals surface area contributed by atoms with Crippen LogP contribution >= 0.6 is 23.2 Å². The van der Waals surface area contributed by atoms with Crippen molar-refractivity contribution in [2.45, 2.75) is 50.7 Å². The first kappa shape index (κ1) is 15.1. The lowest BCUT2D eigenvalue weighted by atomic mass is 10.00. The molecule has 1 aliphatic rings. The maximum Gasteiger partial charge on any atom is 0.0595 e. The lowest BCUT2D eigenvalue weighted by Crippen LogP contribution is -2.23. The van der Waals surface area contributed by atoms with Crippen molar-refractivity contribution in [1.29, 1.82) is 0 Å². The first-order valence-corrected chi connectivity index (χ1v) is 7.72. The fourth-order valence-electron chi connectivity index (χ4n) is 2.55. The Kier molecular flexibility index (Phi) is 5.96. The van der Waals surface area contributed by atoms with E-state index in [4.69, 9.17) is 33.7 Å². The van der Waals surface area contributed by atoms with Gasteiger partial charge in [-0.15, -0.1) is 0 Å². The van der Waals surface area contributed by atoms with Gasteiger partial charge in [0.15, 0.2) is 0 Å². The second-order valence-electron chi connectivity index (χ2n) is 5.28. The average molecular weight is 302 g/mol. The van der Waals surface area contributed by atoms with Crippen molar-refractivity contribution in [3.63, 3.8) is 0 Å². The molecule has 1 fully saturated rings. The number of nitrogens with two attached hydrogens (primary N) is 1. The number of benzene rings is 1. The van der Waals surface area contributed by atoms with Crippen molar-refractivity contribution < 1.29 is 4.74 Å². The summed E-state index contributed by atoms with van der Waals surface area (Å²) in [5.41, 5.74) is 7.31. The molecular formula is C15H21Cl2NO. The SMILES string of the molecule is NC(CCCC1CCCO1)Cc1ccc(Cl)c(Cl)c1. The van der Waals surface area contributed by atoms with E-state index in [9.17, 15) is 0 Å². The molecule has 0 saturated carbocycles. The lowest BCUT2D eigenvalue weighted by Gasteiger charge is -2.14. The van der Waals surface area contributed by atoms with Crippen LogP contribution in [0.3, 0.4) is 0 Å². The largest absolute Gasteiger partial charge is 0.378 e. The Morgan fingerprint density at radius 1 is 1.32 bits per heavy atom. The predicted octanol–water partition coefficient (Wildman–Crippen LogP) is 4.21. The van der Waals surface area contributed by atoms with E-state index in [1.54, 1.807) is 0 Å². The van der Waals surface area contributed by atoms with Gasteiger partial charge in [0, 0.05) is 12.6 Å². The zero-order chi connectivity index (χ0) is 13.7. The van der Waals surface area contributed by atoms with Crippen LogP contribution in [0.2, 0.25) is 10.0 Å². The molecule has 1 saturated heterocycles. The summed E-state index contributed by atoms with van der Waals surface area (Å²) in [5, 5.41) is 1.20. The van der Waals surface area contributed by atoms with E-state index in [-0.39, 0.29) is 6.04 Å². The summed E-state index contributed by atoms with van der Waals surface area (Å²) in [4.78, 5) is 0. The molecule has 19 heavy (non-hydrogen) atoms. The molecule has 1 aromatic rings. The Bertz CT molecular complexity index is 405. The number of rotatable bonds is 6. The van der Waals surface area contributed by atoms with E-state index < -0.39 is 0 Å². The molecule has 2 atom stereocenters. The summed E-state index contributed by atoms with van der Waals surface area (Å²) in [6.45, 7) is 0.931. The molecule has 4 heteroatoms. The zero-order valence-corrected chi connectivity index (χ0v) is 12.6. The van der Waals surface area contributed by atoms with Crippen LogP contribution in [-0.4, -0.2) is 18.8 Å². The minimum absolute atomic E-state index is 0.179. The molecule has 0 spiro atoms. The number of ether oxygens (including phenoxy) is 1. The number of hydrogen-bond donors (Lipinski definition) is 1. The monoisotopic (exact) mass is 301 g/mol. The lowest BCUT2D eigenvalue weighted by molar-refractivity contribution is 0.101. The molecule has 2 N–H and O–H groups in total. The minimum Gasteiger partial charge on any atom is -0.378 e. The molecule has 106 valence electrons. The Hall–Kier alpha value is -0.280. The van der Waals surface area contributed by atoms with Crippen LogP contribution in [0, 0.1) is 0 Å². The van der Waals surface area contributed by atoms with Crippen LogP contribution in [0.15, 0.2) is 18.2 Å². The maximum absolute atomic E-state index is 6.16. The summed E-state index contributed by atoms with van der Waals surface area (Å²) in [7, 11) is 0.